The molecule has 0 aliphatic rings. The van der Waals surface area contributed by atoms with E-state index in [1.807, 2.05) is 11.6 Å². The van der Waals surface area contributed by atoms with Gasteiger partial charge in [-0.2, -0.15) is 0 Å². The van der Waals surface area contributed by atoms with Gasteiger partial charge in [-0.3, -0.25) is 0 Å². The van der Waals surface area contributed by atoms with Gasteiger partial charge in [0, 0.05) is 7.05 Å². The molecule has 0 bridgehead atoms. The highest BCUT2D eigenvalue weighted by Crippen LogP contribution is 2.20. The maximum absolute atomic E-state index is 5.64. The van der Waals surface area contributed by atoms with Crippen LogP contribution in [0.15, 0.2) is 4.60 Å². The van der Waals surface area contributed by atoms with E-state index in [0.29, 0.717) is 5.95 Å². The standard InChI is InChI=1S/C8H14BrN3/c1-3-4-5-6-7(9)12(2)8(10)11-6/h3-5H2,1-2H3,(H2,10,11). The summed E-state index contributed by atoms with van der Waals surface area (Å²) >= 11 is 3.45. The Labute approximate surface area is 81.1 Å². The summed E-state index contributed by atoms with van der Waals surface area (Å²) < 4.78 is 2.86. The quantitative estimate of drug-likeness (QED) is 0.867. The average Bonchev–Trinajstić information content (AvgIpc) is 2.30. The monoisotopic (exact) mass is 231 g/mol. The minimum absolute atomic E-state index is 0.577. The van der Waals surface area contributed by atoms with E-state index >= 15 is 0 Å². The summed E-state index contributed by atoms with van der Waals surface area (Å²) in [5.41, 5.74) is 6.70. The van der Waals surface area contributed by atoms with Crippen molar-refractivity contribution in [3.8, 4) is 0 Å². The summed E-state index contributed by atoms with van der Waals surface area (Å²) in [6, 6.07) is 0. The summed E-state index contributed by atoms with van der Waals surface area (Å²) in [5, 5.41) is 0. The molecular weight excluding hydrogens is 218 g/mol. The van der Waals surface area contributed by atoms with Gasteiger partial charge in [0.05, 0.1) is 5.69 Å². The summed E-state index contributed by atoms with van der Waals surface area (Å²) in [4.78, 5) is 4.24. The summed E-state index contributed by atoms with van der Waals surface area (Å²) in [5.74, 6) is 0.577. The van der Waals surface area contributed by atoms with Crippen molar-refractivity contribution in [1.82, 2.24) is 9.55 Å². The molecule has 1 aromatic heterocycles. The number of unbranched alkanes of at least 4 members (excludes halogenated alkanes) is 1. The molecule has 1 rings (SSSR count). The van der Waals surface area contributed by atoms with Crippen molar-refractivity contribution in [1.29, 1.82) is 0 Å². The van der Waals surface area contributed by atoms with E-state index in [2.05, 4.69) is 27.8 Å². The molecule has 0 aliphatic heterocycles. The van der Waals surface area contributed by atoms with E-state index in [9.17, 15) is 0 Å². The lowest BCUT2D eigenvalue weighted by Crippen LogP contribution is -1.96. The summed E-state index contributed by atoms with van der Waals surface area (Å²) in [6.45, 7) is 2.17. The van der Waals surface area contributed by atoms with Crippen molar-refractivity contribution < 1.29 is 0 Å². The molecule has 0 radical (unpaired) electrons. The SMILES string of the molecule is CCCCc1nc(N)n(C)c1Br. The van der Waals surface area contributed by atoms with Crippen molar-refractivity contribution in [2.24, 2.45) is 7.05 Å². The summed E-state index contributed by atoms with van der Waals surface area (Å²) in [7, 11) is 1.90. The molecule has 1 aromatic rings. The van der Waals surface area contributed by atoms with Crippen LogP contribution in [0.1, 0.15) is 25.5 Å². The third-order valence-corrected chi connectivity index (χ3v) is 2.88. The number of halogens is 1. The molecule has 0 saturated carbocycles. The van der Waals surface area contributed by atoms with E-state index in [-0.39, 0.29) is 0 Å². The van der Waals surface area contributed by atoms with Gasteiger partial charge in [0.25, 0.3) is 0 Å². The Morgan fingerprint density at radius 2 is 2.25 bits per heavy atom. The topological polar surface area (TPSA) is 43.8 Å². The maximum atomic E-state index is 5.64. The largest absolute Gasteiger partial charge is 0.369 e. The van der Waals surface area contributed by atoms with Crippen LogP contribution in [0.3, 0.4) is 0 Å². The predicted molar refractivity (Wildman–Crippen MR) is 53.9 cm³/mol. The highest BCUT2D eigenvalue weighted by atomic mass is 79.9. The fourth-order valence-corrected chi connectivity index (χ4v) is 1.53. The Balaban J connectivity index is 2.79. The van der Waals surface area contributed by atoms with Crippen molar-refractivity contribution in [2.75, 3.05) is 5.73 Å². The molecule has 0 atom stereocenters. The molecule has 4 heteroatoms. The van der Waals surface area contributed by atoms with Crippen LogP contribution in [0.5, 0.6) is 0 Å². The van der Waals surface area contributed by atoms with Gasteiger partial charge in [-0.05, 0) is 28.8 Å². The molecule has 0 aliphatic carbocycles. The van der Waals surface area contributed by atoms with Crippen LogP contribution in [0, 0.1) is 0 Å². The number of aryl methyl sites for hydroxylation is 1. The third kappa shape index (κ3) is 1.80. The van der Waals surface area contributed by atoms with Crippen LogP contribution in [0.4, 0.5) is 5.95 Å². The second kappa shape index (κ2) is 3.94. The number of nitrogen functional groups attached to an aromatic ring is 1. The zero-order valence-electron chi connectivity index (χ0n) is 7.47. The number of nitrogens with zero attached hydrogens (tertiary/aromatic N) is 2. The minimum atomic E-state index is 0.577. The molecule has 0 saturated heterocycles. The number of hydrogen-bond acceptors (Lipinski definition) is 2. The van der Waals surface area contributed by atoms with Gasteiger partial charge in [0.1, 0.15) is 4.60 Å². The van der Waals surface area contributed by atoms with E-state index < -0.39 is 0 Å². The molecule has 0 aromatic carbocycles. The fraction of sp³-hybridized carbons (Fsp3) is 0.625. The Morgan fingerprint density at radius 3 is 2.67 bits per heavy atom. The molecule has 1 heterocycles. The Kier molecular flexibility index (Phi) is 3.14. The zero-order valence-corrected chi connectivity index (χ0v) is 9.06. The molecule has 0 amide bonds. The van der Waals surface area contributed by atoms with Crippen LogP contribution in [-0.2, 0) is 13.5 Å². The number of hydrogen-bond donors (Lipinski definition) is 1. The molecule has 3 nitrogen and oxygen atoms in total. The van der Waals surface area contributed by atoms with Gasteiger partial charge in [-0.15, -0.1) is 0 Å². The first-order valence-electron chi connectivity index (χ1n) is 4.13. The first kappa shape index (κ1) is 9.58. The van der Waals surface area contributed by atoms with E-state index in [0.717, 1.165) is 23.1 Å². The minimum Gasteiger partial charge on any atom is -0.369 e. The van der Waals surface area contributed by atoms with Crippen molar-refractivity contribution in [2.45, 2.75) is 26.2 Å². The molecule has 2 N–H and O–H groups in total. The normalized spacial score (nSPS) is 10.6. The Hall–Kier alpha value is -0.510. The van der Waals surface area contributed by atoms with Crippen LogP contribution in [0.2, 0.25) is 0 Å². The number of nitrogens with two attached hydrogens (primary N) is 1. The lowest BCUT2D eigenvalue weighted by molar-refractivity contribution is 0.775. The molecular formula is C8H14BrN3. The van der Waals surface area contributed by atoms with E-state index in [4.69, 9.17) is 5.73 Å². The van der Waals surface area contributed by atoms with Gasteiger partial charge in [-0.1, -0.05) is 13.3 Å². The van der Waals surface area contributed by atoms with Gasteiger partial charge in [0.15, 0.2) is 0 Å². The third-order valence-electron chi connectivity index (χ3n) is 1.89. The molecule has 0 spiro atoms. The maximum Gasteiger partial charge on any atom is 0.201 e. The molecule has 0 unspecified atom stereocenters. The van der Waals surface area contributed by atoms with Crippen LogP contribution >= 0.6 is 15.9 Å². The highest BCUT2D eigenvalue weighted by molar-refractivity contribution is 9.10. The molecule has 0 fully saturated rings. The zero-order chi connectivity index (χ0) is 9.14. The lowest BCUT2D eigenvalue weighted by atomic mass is 10.2. The van der Waals surface area contributed by atoms with Crippen LogP contribution in [-0.4, -0.2) is 9.55 Å². The lowest BCUT2D eigenvalue weighted by Gasteiger charge is -1.96. The Morgan fingerprint density at radius 1 is 1.58 bits per heavy atom. The van der Waals surface area contributed by atoms with E-state index in [1.54, 1.807) is 0 Å². The number of anilines is 1. The van der Waals surface area contributed by atoms with Crippen LogP contribution in [0.25, 0.3) is 0 Å². The first-order valence-corrected chi connectivity index (χ1v) is 4.92. The second-order valence-corrected chi connectivity index (χ2v) is 3.62. The van der Waals surface area contributed by atoms with E-state index in [1.165, 1.54) is 6.42 Å². The highest BCUT2D eigenvalue weighted by Gasteiger charge is 2.08. The predicted octanol–water partition coefficient (Wildman–Crippen LogP) is 2.11. The number of aromatic nitrogens is 2. The summed E-state index contributed by atoms with van der Waals surface area (Å²) in [6.07, 6.45) is 3.35. The second-order valence-electron chi connectivity index (χ2n) is 2.87. The van der Waals surface area contributed by atoms with Gasteiger partial charge in [0.2, 0.25) is 5.95 Å². The van der Waals surface area contributed by atoms with Crippen LogP contribution < -0.4 is 5.73 Å². The Bertz CT molecular complexity index is 268. The van der Waals surface area contributed by atoms with Gasteiger partial charge in [-0.25, -0.2) is 4.98 Å². The first-order chi connectivity index (χ1) is 5.66. The van der Waals surface area contributed by atoms with Crippen molar-refractivity contribution in [3.63, 3.8) is 0 Å². The van der Waals surface area contributed by atoms with Crippen molar-refractivity contribution in [3.05, 3.63) is 10.3 Å². The smallest absolute Gasteiger partial charge is 0.201 e. The fourth-order valence-electron chi connectivity index (χ4n) is 1.06. The van der Waals surface area contributed by atoms with Gasteiger partial charge < -0.3 is 10.3 Å². The number of imidazole rings is 1. The average molecular weight is 232 g/mol. The molecule has 12 heavy (non-hydrogen) atoms. The van der Waals surface area contributed by atoms with Crippen molar-refractivity contribution >= 4 is 21.9 Å². The molecule has 68 valence electrons. The van der Waals surface area contributed by atoms with Gasteiger partial charge >= 0.3 is 0 Å². The number of rotatable bonds is 3.